The van der Waals surface area contributed by atoms with Crippen LogP contribution in [0.2, 0.25) is 0 Å². The normalized spacial score (nSPS) is 10.8. The lowest BCUT2D eigenvalue weighted by Gasteiger charge is -2.11. The molecule has 98 valence electrons. The lowest BCUT2D eigenvalue weighted by Crippen LogP contribution is -2.09. The van der Waals surface area contributed by atoms with Crippen molar-refractivity contribution in [1.29, 1.82) is 0 Å². The molecule has 2 aromatic rings. The maximum Gasteiger partial charge on any atom is 0.197 e. The van der Waals surface area contributed by atoms with Crippen molar-refractivity contribution in [2.45, 2.75) is 26.4 Å². The molecule has 0 atom stereocenters. The summed E-state index contributed by atoms with van der Waals surface area (Å²) < 4.78 is 9.79. The fourth-order valence-electron chi connectivity index (χ4n) is 1.51. The summed E-state index contributed by atoms with van der Waals surface area (Å²) in [6.45, 7) is 4.82. The van der Waals surface area contributed by atoms with Crippen LogP contribution < -0.4 is 15.8 Å². The second-order valence-electron chi connectivity index (χ2n) is 4.15. The van der Waals surface area contributed by atoms with Gasteiger partial charge in [-0.2, -0.15) is 4.37 Å². The topological polar surface area (TPSA) is 60.2 Å². The van der Waals surface area contributed by atoms with Gasteiger partial charge in [0.2, 0.25) is 0 Å². The van der Waals surface area contributed by atoms with Crippen molar-refractivity contribution in [3.63, 3.8) is 0 Å². The van der Waals surface area contributed by atoms with Crippen molar-refractivity contribution in [3.8, 4) is 5.75 Å². The highest BCUT2D eigenvalue weighted by atomic mass is 32.1. The SMILES string of the molecule is CC(C)Oc1c(N)nsc1NCCc1cccs1. The minimum absolute atomic E-state index is 0.0987. The summed E-state index contributed by atoms with van der Waals surface area (Å²) in [5.74, 6) is 1.15. The predicted molar refractivity (Wildman–Crippen MR) is 78.8 cm³/mol. The maximum atomic E-state index is 5.79. The lowest BCUT2D eigenvalue weighted by atomic mass is 10.3. The Morgan fingerprint density at radius 3 is 3.00 bits per heavy atom. The van der Waals surface area contributed by atoms with Gasteiger partial charge >= 0.3 is 0 Å². The fraction of sp³-hybridized carbons (Fsp3) is 0.417. The van der Waals surface area contributed by atoms with Crippen LogP contribution in [0.15, 0.2) is 17.5 Å². The van der Waals surface area contributed by atoms with E-state index in [0.29, 0.717) is 11.6 Å². The number of ether oxygens (including phenoxy) is 1. The Morgan fingerprint density at radius 2 is 2.33 bits per heavy atom. The first-order valence-corrected chi connectivity index (χ1v) is 7.50. The third kappa shape index (κ3) is 3.36. The molecule has 2 aromatic heterocycles. The van der Waals surface area contributed by atoms with E-state index in [1.165, 1.54) is 16.4 Å². The zero-order chi connectivity index (χ0) is 13.0. The van der Waals surface area contributed by atoms with E-state index in [0.717, 1.165) is 18.0 Å². The average Bonchev–Trinajstić information content (AvgIpc) is 2.93. The molecule has 0 spiro atoms. The van der Waals surface area contributed by atoms with Gasteiger partial charge in [-0.05, 0) is 43.2 Å². The molecule has 0 saturated carbocycles. The Morgan fingerprint density at radius 1 is 1.50 bits per heavy atom. The number of anilines is 2. The van der Waals surface area contributed by atoms with Crippen LogP contribution in [0.25, 0.3) is 0 Å². The van der Waals surface area contributed by atoms with E-state index < -0.39 is 0 Å². The van der Waals surface area contributed by atoms with Gasteiger partial charge in [0.25, 0.3) is 0 Å². The van der Waals surface area contributed by atoms with Gasteiger partial charge in [-0.3, -0.25) is 0 Å². The molecule has 0 radical (unpaired) electrons. The molecule has 18 heavy (non-hydrogen) atoms. The number of hydrogen-bond acceptors (Lipinski definition) is 6. The Balaban J connectivity index is 1.92. The van der Waals surface area contributed by atoms with Gasteiger partial charge in [0, 0.05) is 11.4 Å². The maximum absolute atomic E-state index is 5.79. The molecule has 0 bridgehead atoms. The summed E-state index contributed by atoms with van der Waals surface area (Å²) >= 11 is 3.12. The Labute approximate surface area is 115 Å². The van der Waals surface area contributed by atoms with Gasteiger partial charge in [0.05, 0.1) is 6.10 Å². The zero-order valence-corrected chi connectivity index (χ0v) is 12.1. The number of nitrogens with zero attached hydrogens (tertiary/aromatic N) is 1. The van der Waals surface area contributed by atoms with Crippen LogP contribution in [-0.2, 0) is 6.42 Å². The Kier molecular flexibility index (Phi) is 4.43. The third-order valence-electron chi connectivity index (χ3n) is 2.26. The molecule has 2 rings (SSSR count). The summed E-state index contributed by atoms with van der Waals surface area (Å²) in [6.07, 6.45) is 1.10. The number of rotatable bonds is 6. The molecule has 4 nitrogen and oxygen atoms in total. The van der Waals surface area contributed by atoms with Crippen molar-refractivity contribution in [1.82, 2.24) is 4.37 Å². The number of hydrogen-bond donors (Lipinski definition) is 2. The summed E-state index contributed by atoms with van der Waals surface area (Å²) in [7, 11) is 0. The molecule has 0 saturated heterocycles. The second kappa shape index (κ2) is 6.06. The predicted octanol–water partition coefficient (Wildman–Crippen LogP) is 3.23. The van der Waals surface area contributed by atoms with Crippen molar-refractivity contribution < 1.29 is 4.74 Å². The molecule has 0 unspecified atom stereocenters. The average molecular weight is 283 g/mol. The molecule has 0 aliphatic heterocycles. The highest BCUT2D eigenvalue weighted by Gasteiger charge is 2.13. The van der Waals surface area contributed by atoms with E-state index in [1.54, 1.807) is 11.3 Å². The monoisotopic (exact) mass is 283 g/mol. The van der Waals surface area contributed by atoms with Crippen molar-refractivity contribution in [3.05, 3.63) is 22.4 Å². The van der Waals surface area contributed by atoms with Crippen LogP contribution in [-0.4, -0.2) is 17.0 Å². The molecule has 0 amide bonds. The van der Waals surface area contributed by atoms with Gasteiger partial charge in [-0.15, -0.1) is 11.3 Å². The van der Waals surface area contributed by atoms with E-state index in [2.05, 4.69) is 27.2 Å². The number of nitrogens with two attached hydrogens (primary N) is 1. The van der Waals surface area contributed by atoms with Gasteiger partial charge in [-0.25, -0.2) is 0 Å². The minimum Gasteiger partial charge on any atom is -0.484 e. The first-order chi connectivity index (χ1) is 8.66. The van der Waals surface area contributed by atoms with Crippen LogP contribution in [0, 0.1) is 0 Å². The molecule has 0 aromatic carbocycles. The summed E-state index contributed by atoms with van der Waals surface area (Å²) in [4.78, 5) is 1.37. The van der Waals surface area contributed by atoms with E-state index in [1.807, 2.05) is 13.8 Å². The molecular formula is C12H17N3OS2. The third-order valence-corrected chi connectivity index (χ3v) is 4.00. The standard InChI is InChI=1S/C12H17N3OS2/c1-8(2)16-10-11(13)15-18-12(10)14-6-5-9-4-3-7-17-9/h3-4,7-8,14H,5-6H2,1-2H3,(H2,13,15). The van der Waals surface area contributed by atoms with E-state index in [-0.39, 0.29) is 6.10 Å². The zero-order valence-electron chi connectivity index (χ0n) is 10.5. The first kappa shape index (κ1) is 13.2. The lowest BCUT2D eigenvalue weighted by molar-refractivity contribution is 0.245. The van der Waals surface area contributed by atoms with Crippen LogP contribution >= 0.6 is 22.9 Å². The van der Waals surface area contributed by atoms with Gasteiger partial charge in [0.1, 0.15) is 0 Å². The fourth-order valence-corrected chi connectivity index (χ4v) is 2.89. The largest absolute Gasteiger partial charge is 0.484 e. The van der Waals surface area contributed by atoms with Crippen molar-refractivity contribution >= 4 is 33.7 Å². The van der Waals surface area contributed by atoms with Crippen LogP contribution in [0.4, 0.5) is 10.8 Å². The number of nitrogen functional groups attached to an aromatic ring is 1. The first-order valence-electron chi connectivity index (χ1n) is 5.85. The summed E-state index contributed by atoms with van der Waals surface area (Å²) in [5, 5.41) is 6.34. The summed E-state index contributed by atoms with van der Waals surface area (Å²) in [6, 6.07) is 4.21. The van der Waals surface area contributed by atoms with Crippen molar-refractivity contribution in [2.75, 3.05) is 17.6 Å². The second-order valence-corrected chi connectivity index (χ2v) is 5.95. The Hall–Kier alpha value is -1.27. The van der Waals surface area contributed by atoms with Gasteiger partial charge in [0.15, 0.2) is 16.6 Å². The summed E-state index contributed by atoms with van der Waals surface area (Å²) in [5.41, 5.74) is 5.79. The van der Waals surface area contributed by atoms with Gasteiger partial charge < -0.3 is 15.8 Å². The number of thiophene rings is 1. The van der Waals surface area contributed by atoms with Crippen LogP contribution in [0.3, 0.4) is 0 Å². The quantitative estimate of drug-likeness (QED) is 0.854. The van der Waals surface area contributed by atoms with Crippen molar-refractivity contribution in [2.24, 2.45) is 0 Å². The molecule has 2 heterocycles. The van der Waals surface area contributed by atoms with E-state index in [4.69, 9.17) is 10.5 Å². The smallest absolute Gasteiger partial charge is 0.197 e. The number of nitrogens with one attached hydrogen (secondary N) is 1. The number of aromatic nitrogens is 1. The van der Waals surface area contributed by atoms with E-state index >= 15 is 0 Å². The highest BCUT2D eigenvalue weighted by molar-refractivity contribution is 7.11. The molecule has 0 aliphatic rings. The highest BCUT2D eigenvalue weighted by Crippen LogP contribution is 2.35. The van der Waals surface area contributed by atoms with E-state index in [9.17, 15) is 0 Å². The molecular weight excluding hydrogens is 266 g/mol. The molecule has 0 fully saturated rings. The van der Waals surface area contributed by atoms with Gasteiger partial charge in [-0.1, -0.05) is 6.07 Å². The molecule has 3 N–H and O–H groups in total. The molecule has 6 heteroatoms. The minimum atomic E-state index is 0.0987. The Bertz CT molecular complexity index is 479. The van der Waals surface area contributed by atoms with Crippen LogP contribution in [0.5, 0.6) is 5.75 Å². The molecule has 0 aliphatic carbocycles. The van der Waals surface area contributed by atoms with Crippen LogP contribution in [0.1, 0.15) is 18.7 Å².